The number of benzene rings is 1. The highest BCUT2D eigenvalue weighted by atomic mass is 32.2. The number of ketones is 1. The molecule has 3 aromatic heterocycles. The van der Waals surface area contributed by atoms with Gasteiger partial charge >= 0.3 is 0 Å². The number of carbonyl (C=O) groups is 2. The first kappa shape index (κ1) is 24.8. The summed E-state index contributed by atoms with van der Waals surface area (Å²) >= 11 is 5.25. The van der Waals surface area contributed by atoms with Crippen molar-refractivity contribution in [3.8, 4) is 0 Å². The van der Waals surface area contributed by atoms with Gasteiger partial charge < -0.3 is 5.11 Å². The Kier molecular flexibility index (Phi) is 6.77. The maximum atomic E-state index is 13.6. The highest BCUT2D eigenvalue weighted by molar-refractivity contribution is 8.00. The van der Waals surface area contributed by atoms with Crippen molar-refractivity contribution in [3.05, 3.63) is 84.4 Å². The van der Waals surface area contributed by atoms with Gasteiger partial charge in [0.05, 0.1) is 21.2 Å². The molecule has 12 heteroatoms. The normalized spacial score (nSPS) is 15.8. The van der Waals surface area contributed by atoms with E-state index in [4.69, 9.17) is 0 Å². The van der Waals surface area contributed by atoms with Crippen LogP contribution in [0.15, 0.2) is 51.4 Å². The van der Waals surface area contributed by atoms with E-state index in [1.54, 1.807) is 19.1 Å². The van der Waals surface area contributed by atoms with Gasteiger partial charge in [-0.1, -0.05) is 35.2 Å². The van der Waals surface area contributed by atoms with Crippen molar-refractivity contribution in [1.29, 1.82) is 0 Å². The molecule has 5 rings (SSSR count). The van der Waals surface area contributed by atoms with E-state index in [2.05, 4.69) is 15.2 Å². The minimum absolute atomic E-state index is 0.0213. The minimum atomic E-state index is -0.824. The molecule has 184 valence electrons. The molecule has 1 N–H and O–H groups in total. The number of aliphatic hydroxyl groups is 1. The molecule has 0 bridgehead atoms. The number of Topliss-reactive ketones (excluding diaryl/α,β-unsaturated/α-hetero) is 1. The van der Waals surface area contributed by atoms with Gasteiger partial charge in [-0.05, 0) is 55.5 Å². The zero-order chi connectivity index (χ0) is 25.6. The number of aromatic nitrogens is 3. The quantitative estimate of drug-likeness (QED) is 0.164. The van der Waals surface area contributed by atoms with E-state index in [1.165, 1.54) is 62.8 Å². The van der Waals surface area contributed by atoms with Crippen molar-refractivity contribution in [2.24, 2.45) is 0 Å². The molecule has 0 saturated carbocycles. The van der Waals surface area contributed by atoms with E-state index in [0.29, 0.717) is 20.7 Å². The van der Waals surface area contributed by atoms with E-state index in [-0.39, 0.29) is 16.5 Å². The minimum Gasteiger partial charge on any atom is -0.503 e. The van der Waals surface area contributed by atoms with Crippen LogP contribution in [0.3, 0.4) is 0 Å². The number of nitrogens with zero attached hydrogens (tertiary/aromatic N) is 4. The van der Waals surface area contributed by atoms with Crippen LogP contribution in [0.2, 0.25) is 0 Å². The largest absolute Gasteiger partial charge is 0.503 e. The fourth-order valence-electron chi connectivity index (χ4n) is 3.90. The SMILES string of the molecule is Cc1nc(C)c(C(=O)C2=C(O)C(=O)N(c3nnc(SCc4ccc(F)cc4)s3)C2c2sccc2C)s1. The van der Waals surface area contributed by atoms with Crippen LogP contribution >= 0.6 is 45.8 Å². The van der Waals surface area contributed by atoms with Crippen molar-refractivity contribution < 1.29 is 19.1 Å². The summed E-state index contributed by atoms with van der Waals surface area (Å²) in [6.45, 7) is 5.45. The molecule has 1 atom stereocenters. The predicted molar refractivity (Wildman–Crippen MR) is 141 cm³/mol. The molecule has 0 fully saturated rings. The van der Waals surface area contributed by atoms with Gasteiger partial charge in [-0.15, -0.1) is 32.9 Å². The second kappa shape index (κ2) is 9.85. The number of aliphatic hydroxyl groups excluding tert-OH is 1. The first-order valence-electron chi connectivity index (χ1n) is 10.7. The van der Waals surface area contributed by atoms with Crippen LogP contribution in [0, 0.1) is 26.6 Å². The smallest absolute Gasteiger partial charge is 0.296 e. The summed E-state index contributed by atoms with van der Waals surface area (Å²) in [4.78, 5) is 33.8. The van der Waals surface area contributed by atoms with Crippen LogP contribution in [0.1, 0.15) is 42.4 Å². The number of anilines is 1. The number of hydrogen-bond acceptors (Lipinski definition) is 10. The van der Waals surface area contributed by atoms with Crippen molar-refractivity contribution in [3.63, 3.8) is 0 Å². The lowest BCUT2D eigenvalue weighted by Crippen LogP contribution is -2.30. The van der Waals surface area contributed by atoms with Gasteiger partial charge in [-0.25, -0.2) is 9.37 Å². The monoisotopic (exact) mass is 558 g/mol. The van der Waals surface area contributed by atoms with Crippen LogP contribution in [0.25, 0.3) is 0 Å². The lowest BCUT2D eigenvalue weighted by atomic mass is 9.99. The third-order valence-corrected chi connectivity index (χ3v) is 9.86. The summed E-state index contributed by atoms with van der Waals surface area (Å²) in [6, 6.07) is 7.29. The number of thiazole rings is 1. The molecule has 4 aromatic rings. The Morgan fingerprint density at radius 3 is 2.53 bits per heavy atom. The average molecular weight is 559 g/mol. The Morgan fingerprint density at radius 1 is 1.14 bits per heavy atom. The number of hydrogen-bond donors (Lipinski definition) is 1. The molecule has 36 heavy (non-hydrogen) atoms. The molecule has 7 nitrogen and oxygen atoms in total. The molecule has 0 radical (unpaired) electrons. The van der Waals surface area contributed by atoms with Crippen molar-refractivity contribution in [1.82, 2.24) is 15.2 Å². The average Bonchev–Trinajstić information content (AvgIpc) is 3.61. The second-order valence-corrected chi connectivity index (χ2v) is 12.4. The summed E-state index contributed by atoms with van der Waals surface area (Å²) in [5.74, 6) is -1.45. The summed E-state index contributed by atoms with van der Waals surface area (Å²) < 4.78 is 13.8. The van der Waals surface area contributed by atoms with Crippen LogP contribution in [0.5, 0.6) is 0 Å². The Labute approximate surface area is 222 Å². The maximum absolute atomic E-state index is 13.6. The topological polar surface area (TPSA) is 96.3 Å². The van der Waals surface area contributed by atoms with Crippen molar-refractivity contribution in [2.45, 2.75) is 36.9 Å². The Bertz CT molecular complexity index is 1510. The molecule has 1 amide bonds. The van der Waals surface area contributed by atoms with E-state index in [0.717, 1.165) is 21.0 Å². The van der Waals surface area contributed by atoms with Crippen LogP contribution in [-0.4, -0.2) is 32.0 Å². The zero-order valence-electron chi connectivity index (χ0n) is 19.3. The number of halogens is 1. The molecular formula is C24H19FN4O3S4. The second-order valence-electron chi connectivity index (χ2n) is 8.05. The molecule has 0 aliphatic carbocycles. The molecular weight excluding hydrogens is 540 g/mol. The van der Waals surface area contributed by atoms with Crippen LogP contribution in [0.4, 0.5) is 9.52 Å². The van der Waals surface area contributed by atoms with Gasteiger partial charge in [0.25, 0.3) is 5.91 Å². The van der Waals surface area contributed by atoms with Gasteiger partial charge in [0.2, 0.25) is 10.9 Å². The first-order valence-corrected chi connectivity index (χ1v) is 14.2. The molecule has 0 saturated heterocycles. The van der Waals surface area contributed by atoms with Crippen molar-refractivity contribution >= 4 is 62.6 Å². The Morgan fingerprint density at radius 2 is 1.89 bits per heavy atom. The summed E-state index contributed by atoms with van der Waals surface area (Å²) in [7, 11) is 0. The molecule has 4 heterocycles. The number of carbonyl (C=O) groups excluding carboxylic acids is 2. The number of thioether (sulfide) groups is 1. The summed E-state index contributed by atoms with van der Waals surface area (Å²) in [5, 5.41) is 22.3. The molecule has 0 spiro atoms. The van der Waals surface area contributed by atoms with Crippen molar-refractivity contribution in [2.75, 3.05) is 4.90 Å². The molecule has 1 unspecified atom stereocenters. The number of amides is 1. The molecule has 1 aromatic carbocycles. The van der Waals surface area contributed by atoms with E-state index in [1.807, 2.05) is 25.3 Å². The van der Waals surface area contributed by atoms with E-state index >= 15 is 0 Å². The van der Waals surface area contributed by atoms with Gasteiger partial charge in [0.15, 0.2) is 10.1 Å². The fraction of sp³-hybridized carbons (Fsp3) is 0.208. The van der Waals surface area contributed by atoms with Crippen LogP contribution < -0.4 is 4.90 Å². The fourth-order valence-corrected chi connectivity index (χ4v) is 7.62. The lowest BCUT2D eigenvalue weighted by molar-refractivity contribution is -0.117. The Balaban J connectivity index is 1.49. The molecule has 1 aliphatic heterocycles. The van der Waals surface area contributed by atoms with E-state index in [9.17, 15) is 19.1 Å². The van der Waals surface area contributed by atoms with Gasteiger partial charge in [-0.3, -0.25) is 14.5 Å². The summed E-state index contributed by atoms with van der Waals surface area (Å²) in [5.41, 5.74) is 2.40. The zero-order valence-corrected chi connectivity index (χ0v) is 22.6. The van der Waals surface area contributed by atoms with Gasteiger partial charge in [-0.2, -0.15) is 0 Å². The van der Waals surface area contributed by atoms with Crippen LogP contribution in [-0.2, 0) is 10.5 Å². The third kappa shape index (κ3) is 4.49. The maximum Gasteiger partial charge on any atom is 0.296 e. The highest BCUT2D eigenvalue weighted by Gasteiger charge is 2.47. The highest BCUT2D eigenvalue weighted by Crippen LogP contribution is 2.46. The Hall–Kier alpha value is -2.93. The third-order valence-electron chi connectivity index (χ3n) is 5.59. The molecule has 1 aliphatic rings. The lowest BCUT2D eigenvalue weighted by Gasteiger charge is -2.23. The van der Waals surface area contributed by atoms with Gasteiger partial charge in [0.1, 0.15) is 11.9 Å². The van der Waals surface area contributed by atoms with Gasteiger partial charge in [0, 0.05) is 10.6 Å². The van der Waals surface area contributed by atoms with E-state index < -0.39 is 23.5 Å². The number of aryl methyl sites for hydroxylation is 3. The predicted octanol–water partition coefficient (Wildman–Crippen LogP) is 6.20. The number of thiophene rings is 1. The first-order chi connectivity index (χ1) is 17.2. The number of rotatable bonds is 7. The summed E-state index contributed by atoms with van der Waals surface area (Å²) in [6.07, 6.45) is 0. The standard InChI is InChI=1S/C24H19FN4O3S4/c1-11-8-9-33-20(11)17-16(18(30)21-12(2)26-13(3)35-21)19(31)22(32)29(17)23-27-28-24(36-23)34-10-14-4-6-15(25)7-5-14/h4-9,17,31H,10H2,1-3H3.